The molecule has 2 heteroatoms. The molecular weight excluding hydrogens is 682 g/mol. The molecule has 3 rings (SSSR count). The Labute approximate surface area is 263 Å². The molecule has 2 aromatic rings. The summed E-state index contributed by atoms with van der Waals surface area (Å²) in [5, 5.41) is 0. The van der Waals surface area contributed by atoms with Crippen molar-refractivity contribution in [3.63, 3.8) is 0 Å². The van der Waals surface area contributed by atoms with Crippen molar-refractivity contribution >= 4 is 49.4 Å². The average Bonchev–Trinajstić information content (AvgIpc) is 3.10. The first-order valence-electron chi connectivity index (χ1n) is 16.3. The summed E-state index contributed by atoms with van der Waals surface area (Å²) >= 11 is -1.29. The molecule has 0 fully saturated rings. The van der Waals surface area contributed by atoms with Crippen LogP contribution in [0.3, 0.4) is 0 Å². The zero-order valence-electron chi connectivity index (χ0n) is 26.9. The quantitative estimate of drug-likeness (QED) is 0.119. The first kappa shape index (κ1) is 33.5. The Hall–Kier alpha value is 0.0374. The molecule has 214 valence electrons. The molecule has 0 heterocycles. The monoisotopic (exact) mass is 742 g/mol. The maximum atomic E-state index is 2.74. The molecule has 0 aromatic heterocycles. The van der Waals surface area contributed by atoms with Gasteiger partial charge in [0.1, 0.15) is 0 Å². The molecule has 0 unspecified atom stereocenters. The number of fused-ring (bicyclic) bond motifs is 3. The van der Waals surface area contributed by atoms with Gasteiger partial charge >= 0.3 is 266 Å². The second kappa shape index (κ2) is 15.5. The van der Waals surface area contributed by atoms with Gasteiger partial charge in [-0.3, -0.25) is 0 Å². The van der Waals surface area contributed by atoms with Gasteiger partial charge < -0.3 is 0 Å². The van der Waals surface area contributed by atoms with Crippen LogP contribution in [0.4, 0.5) is 0 Å². The second-order valence-electron chi connectivity index (χ2n) is 14.4. The van der Waals surface area contributed by atoms with Crippen LogP contribution < -0.4 is 7.16 Å². The van der Waals surface area contributed by atoms with E-state index in [1.807, 2.05) is 0 Å². The van der Waals surface area contributed by atoms with Gasteiger partial charge in [0.05, 0.1) is 0 Å². The minimum atomic E-state index is -0.645. The van der Waals surface area contributed by atoms with Crippen molar-refractivity contribution in [1.29, 1.82) is 0 Å². The molecule has 0 nitrogen and oxygen atoms in total. The fourth-order valence-corrected chi connectivity index (χ4v) is 13.7. The zero-order valence-corrected chi connectivity index (χ0v) is 32.6. The van der Waals surface area contributed by atoms with Crippen molar-refractivity contribution < 1.29 is 0 Å². The summed E-state index contributed by atoms with van der Waals surface area (Å²) in [5.41, 5.74) is 6.83. The molecule has 0 saturated carbocycles. The van der Waals surface area contributed by atoms with Crippen LogP contribution in [0.2, 0.25) is 6.86 Å². The van der Waals surface area contributed by atoms with Crippen LogP contribution in [-0.4, -0.2) is 42.3 Å². The Morgan fingerprint density at radius 2 is 0.872 bits per heavy atom. The van der Waals surface area contributed by atoms with Crippen molar-refractivity contribution in [3.05, 3.63) is 47.5 Å². The molecule has 1 aliphatic carbocycles. The molecule has 39 heavy (non-hydrogen) atoms. The summed E-state index contributed by atoms with van der Waals surface area (Å²) in [6.07, 6.45) is 19.4. The van der Waals surface area contributed by atoms with E-state index in [0.717, 1.165) is 0 Å². The molecule has 0 saturated heterocycles. The van der Waals surface area contributed by atoms with Crippen LogP contribution >= 0.6 is 0 Å². The predicted octanol–water partition coefficient (Wildman–Crippen LogP) is 10.6. The van der Waals surface area contributed by atoms with Gasteiger partial charge in [0.2, 0.25) is 0 Å². The SMILES string of the molecule is CCCCCCCCC1(CCCCCCCC)c2c[c]([Sn][C](C)(C)C)ccc2-c2cc[c]([Sn][C](C)(C)C)cc21. The third kappa shape index (κ3) is 10.1. The van der Waals surface area contributed by atoms with E-state index in [9.17, 15) is 0 Å². The number of benzene rings is 2. The van der Waals surface area contributed by atoms with Gasteiger partial charge in [-0.15, -0.1) is 0 Å². The Bertz CT molecular complexity index is 937. The molecular formula is C37H58Sn2. The van der Waals surface area contributed by atoms with E-state index < -0.39 is 42.3 Å². The summed E-state index contributed by atoms with van der Waals surface area (Å²) in [7, 11) is 0. The van der Waals surface area contributed by atoms with E-state index in [1.165, 1.54) is 89.9 Å². The van der Waals surface area contributed by atoms with Crippen molar-refractivity contribution in [2.75, 3.05) is 0 Å². The topological polar surface area (TPSA) is 0 Å². The van der Waals surface area contributed by atoms with E-state index in [-0.39, 0.29) is 5.41 Å². The van der Waals surface area contributed by atoms with Crippen LogP contribution in [0.15, 0.2) is 36.4 Å². The van der Waals surface area contributed by atoms with Gasteiger partial charge in [0.25, 0.3) is 0 Å². The van der Waals surface area contributed by atoms with E-state index in [2.05, 4.69) is 91.8 Å². The average molecular weight is 740 g/mol. The summed E-state index contributed by atoms with van der Waals surface area (Å²) in [5.74, 6) is 0. The maximum absolute atomic E-state index is 2.74. The van der Waals surface area contributed by atoms with Crippen molar-refractivity contribution in [2.24, 2.45) is 0 Å². The van der Waals surface area contributed by atoms with Gasteiger partial charge in [0, 0.05) is 0 Å². The number of hydrogen-bond donors (Lipinski definition) is 0. The van der Waals surface area contributed by atoms with E-state index in [4.69, 9.17) is 0 Å². The summed E-state index contributed by atoms with van der Waals surface area (Å²) < 4.78 is 4.38. The Morgan fingerprint density at radius 3 is 1.23 bits per heavy atom. The number of hydrogen-bond acceptors (Lipinski definition) is 0. The first-order chi connectivity index (χ1) is 18.5. The second-order valence-corrected chi connectivity index (χ2v) is 27.7. The summed E-state index contributed by atoms with van der Waals surface area (Å²) in [6.45, 7) is 19.4. The Morgan fingerprint density at radius 1 is 0.513 bits per heavy atom. The van der Waals surface area contributed by atoms with Crippen molar-refractivity contribution in [3.8, 4) is 11.1 Å². The van der Waals surface area contributed by atoms with Crippen LogP contribution in [0.25, 0.3) is 11.1 Å². The van der Waals surface area contributed by atoms with Crippen molar-refractivity contribution in [1.82, 2.24) is 0 Å². The van der Waals surface area contributed by atoms with Gasteiger partial charge in [-0.1, -0.05) is 0 Å². The third-order valence-corrected chi connectivity index (χ3v) is 16.0. The first-order valence-corrected chi connectivity index (χ1v) is 22.1. The van der Waals surface area contributed by atoms with Crippen LogP contribution in [-0.2, 0) is 5.41 Å². The Balaban J connectivity index is 2.02. The van der Waals surface area contributed by atoms with Crippen LogP contribution in [0, 0.1) is 0 Å². The van der Waals surface area contributed by atoms with Crippen LogP contribution in [0.1, 0.15) is 156 Å². The van der Waals surface area contributed by atoms with E-state index in [1.54, 1.807) is 29.4 Å². The van der Waals surface area contributed by atoms with Gasteiger partial charge in [-0.25, -0.2) is 0 Å². The molecule has 0 spiro atoms. The molecule has 0 atom stereocenters. The summed E-state index contributed by atoms with van der Waals surface area (Å²) in [4.78, 5) is 0. The molecule has 2 aromatic carbocycles. The van der Waals surface area contributed by atoms with Crippen molar-refractivity contribution in [2.45, 2.75) is 158 Å². The fraction of sp³-hybridized carbons (Fsp3) is 0.676. The normalized spacial score (nSPS) is 14.5. The molecule has 1 aliphatic rings. The van der Waals surface area contributed by atoms with E-state index >= 15 is 0 Å². The van der Waals surface area contributed by atoms with Gasteiger partial charge in [0.15, 0.2) is 0 Å². The molecule has 0 bridgehead atoms. The standard InChI is InChI=1S/C29H40.2C4H9.2Sn/c1-3-5-7-9-11-17-23-29(24-18-12-10-8-6-4-2)27-21-15-13-19-25(27)26-20-14-16-22-28(26)29;2*1-4(2)3;;/h13-14,19-22H,3-12,17-18,23-24H2,1-2H3;2*1-3H3;;. The molecule has 0 aliphatic heterocycles. The number of rotatable bonds is 16. The predicted molar refractivity (Wildman–Crippen MR) is 179 cm³/mol. The minimum absolute atomic E-state index is 0.237. The third-order valence-electron chi connectivity index (χ3n) is 8.31. The fourth-order valence-electron chi connectivity index (χ4n) is 6.59. The van der Waals surface area contributed by atoms with Crippen LogP contribution in [0.5, 0.6) is 0 Å². The van der Waals surface area contributed by atoms with Gasteiger partial charge in [-0.2, -0.15) is 0 Å². The molecule has 0 N–H and O–H groups in total. The zero-order chi connectivity index (χ0) is 28.5. The Kier molecular flexibility index (Phi) is 13.3. The summed E-state index contributed by atoms with van der Waals surface area (Å²) in [6, 6.07) is 15.6. The van der Waals surface area contributed by atoms with E-state index in [0.29, 0.717) is 6.86 Å². The van der Waals surface area contributed by atoms with Gasteiger partial charge in [-0.05, 0) is 0 Å². The number of unbranched alkanes of at least 4 members (excludes halogenated alkanes) is 10. The molecule has 4 radical (unpaired) electrons. The molecule has 0 amide bonds.